The van der Waals surface area contributed by atoms with Gasteiger partial charge in [0.05, 0.1) is 11.1 Å². The fraction of sp³-hybridized carbons (Fsp3) is 0.294. The van der Waals surface area contributed by atoms with E-state index in [1.54, 1.807) is 12.1 Å². The smallest absolute Gasteiger partial charge is 0.142 e. The summed E-state index contributed by atoms with van der Waals surface area (Å²) in [5.41, 5.74) is 5.78. The highest BCUT2D eigenvalue weighted by Gasteiger charge is 2.17. The van der Waals surface area contributed by atoms with Crippen LogP contribution in [0, 0.1) is 5.82 Å². The predicted molar refractivity (Wildman–Crippen MR) is 85.7 cm³/mol. The van der Waals surface area contributed by atoms with Crippen molar-refractivity contribution in [2.75, 3.05) is 0 Å². The van der Waals surface area contributed by atoms with Gasteiger partial charge in [-0.3, -0.25) is 5.84 Å². The summed E-state index contributed by atoms with van der Waals surface area (Å²) in [4.78, 5) is 0. The molecule has 0 saturated carbocycles. The van der Waals surface area contributed by atoms with E-state index in [0.717, 1.165) is 11.1 Å². The first-order valence-corrected chi connectivity index (χ1v) is 7.22. The Morgan fingerprint density at radius 2 is 1.62 bits per heavy atom. The van der Waals surface area contributed by atoms with E-state index >= 15 is 0 Å². The predicted octanol–water partition coefficient (Wildman–Crippen LogP) is 4.33. The molecular weight excluding hydrogens is 287 g/mol. The van der Waals surface area contributed by atoms with Gasteiger partial charge in [0.25, 0.3) is 0 Å². The summed E-state index contributed by atoms with van der Waals surface area (Å²) in [6.07, 6.45) is 0. The zero-order valence-corrected chi connectivity index (χ0v) is 13.2. The standard InChI is InChI=1S/C17H20ClFN2/c1-17(2,3)13-7-4-11(5-8-13)16(21-20)12-6-9-14(18)15(19)10-12/h4-10,16,21H,20H2,1-3H3. The number of nitrogens with two attached hydrogens (primary N) is 1. The van der Waals surface area contributed by atoms with Crippen LogP contribution in [-0.4, -0.2) is 0 Å². The molecule has 4 heteroatoms. The molecule has 0 fully saturated rings. The van der Waals surface area contributed by atoms with E-state index < -0.39 is 5.82 Å². The van der Waals surface area contributed by atoms with Gasteiger partial charge in [0, 0.05) is 0 Å². The molecule has 0 aliphatic heterocycles. The SMILES string of the molecule is CC(C)(C)c1ccc(C(NN)c2ccc(Cl)c(F)c2)cc1. The van der Waals surface area contributed by atoms with Crippen LogP contribution in [0.4, 0.5) is 4.39 Å². The molecule has 2 aromatic rings. The number of rotatable bonds is 3. The Hall–Kier alpha value is -1.42. The molecule has 3 N–H and O–H groups in total. The van der Waals surface area contributed by atoms with Crippen LogP contribution < -0.4 is 11.3 Å². The van der Waals surface area contributed by atoms with E-state index in [-0.39, 0.29) is 16.5 Å². The molecule has 0 radical (unpaired) electrons. The third-order valence-electron chi connectivity index (χ3n) is 3.55. The van der Waals surface area contributed by atoms with Gasteiger partial charge in [-0.15, -0.1) is 0 Å². The number of nitrogens with one attached hydrogen (secondary N) is 1. The second kappa shape index (κ2) is 6.14. The number of hydrazine groups is 1. The maximum Gasteiger partial charge on any atom is 0.142 e. The van der Waals surface area contributed by atoms with Gasteiger partial charge < -0.3 is 0 Å². The van der Waals surface area contributed by atoms with Crippen LogP contribution >= 0.6 is 11.6 Å². The summed E-state index contributed by atoms with van der Waals surface area (Å²) < 4.78 is 13.6. The van der Waals surface area contributed by atoms with E-state index in [9.17, 15) is 4.39 Å². The van der Waals surface area contributed by atoms with Crippen LogP contribution in [0.3, 0.4) is 0 Å². The Balaban J connectivity index is 2.35. The molecular formula is C17H20ClFN2. The minimum Gasteiger partial charge on any atom is -0.271 e. The fourth-order valence-electron chi connectivity index (χ4n) is 2.25. The molecule has 0 saturated heterocycles. The zero-order chi connectivity index (χ0) is 15.6. The van der Waals surface area contributed by atoms with Crippen LogP contribution in [0.25, 0.3) is 0 Å². The van der Waals surface area contributed by atoms with Gasteiger partial charge in [0.1, 0.15) is 5.82 Å². The quantitative estimate of drug-likeness (QED) is 0.654. The zero-order valence-electron chi connectivity index (χ0n) is 12.5. The van der Waals surface area contributed by atoms with Gasteiger partial charge in [-0.05, 0) is 34.2 Å². The van der Waals surface area contributed by atoms with E-state index in [0.29, 0.717) is 0 Å². The van der Waals surface area contributed by atoms with Crippen LogP contribution in [0.15, 0.2) is 42.5 Å². The molecule has 0 bridgehead atoms. The van der Waals surface area contributed by atoms with Crippen molar-refractivity contribution in [2.45, 2.75) is 32.2 Å². The first-order valence-electron chi connectivity index (χ1n) is 6.84. The summed E-state index contributed by atoms with van der Waals surface area (Å²) in [7, 11) is 0. The summed E-state index contributed by atoms with van der Waals surface area (Å²) >= 11 is 5.72. The number of hydrogen-bond donors (Lipinski definition) is 2. The Labute approximate surface area is 130 Å². The van der Waals surface area contributed by atoms with Crippen molar-refractivity contribution in [1.29, 1.82) is 0 Å². The van der Waals surface area contributed by atoms with Gasteiger partial charge >= 0.3 is 0 Å². The van der Waals surface area contributed by atoms with Gasteiger partial charge in [-0.25, -0.2) is 9.82 Å². The first kappa shape index (κ1) is 16.0. The highest BCUT2D eigenvalue weighted by molar-refractivity contribution is 6.30. The molecule has 1 unspecified atom stereocenters. The lowest BCUT2D eigenvalue weighted by Gasteiger charge is -2.21. The maximum atomic E-state index is 13.6. The molecule has 0 heterocycles. The first-order chi connectivity index (χ1) is 9.82. The molecule has 0 aliphatic carbocycles. The monoisotopic (exact) mass is 306 g/mol. The van der Waals surface area contributed by atoms with Gasteiger partial charge in [0.2, 0.25) is 0 Å². The molecule has 0 aliphatic rings. The highest BCUT2D eigenvalue weighted by atomic mass is 35.5. The van der Waals surface area contributed by atoms with Gasteiger partial charge in [0.15, 0.2) is 0 Å². The maximum absolute atomic E-state index is 13.6. The van der Waals surface area contributed by atoms with Crippen molar-refractivity contribution in [3.8, 4) is 0 Å². The minimum absolute atomic E-state index is 0.0938. The van der Waals surface area contributed by atoms with Crippen LogP contribution in [0.1, 0.15) is 43.5 Å². The lowest BCUT2D eigenvalue weighted by atomic mass is 9.86. The van der Waals surface area contributed by atoms with Crippen molar-refractivity contribution in [3.05, 3.63) is 70.0 Å². The highest BCUT2D eigenvalue weighted by Crippen LogP contribution is 2.28. The number of hydrogen-bond acceptors (Lipinski definition) is 2. The van der Waals surface area contributed by atoms with Crippen molar-refractivity contribution < 1.29 is 4.39 Å². The molecule has 2 nitrogen and oxygen atoms in total. The summed E-state index contributed by atoms with van der Waals surface area (Å²) in [5.74, 6) is 5.20. The lowest BCUT2D eigenvalue weighted by Crippen LogP contribution is -2.29. The van der Waals surface area contributed by atoms with Gasteiger partial charge in [-0.2, -0.15) is 0 Å². The van der Waals surface area contributed by atoms with E-state index in [2.05, 4.69) is 38.3 Å². The van der Waals surface area contributed by atoms with E-state index in [4.69, 9.17) is 17.4 Å². The molecule has 0 amide bonds. The molecule has 0 aromatic heterocycles. The Bertz CT molecular complexity index is 618. The van der Waals surface area contributed by atoms with Crippen molar-refractivity contribution in [2.24, 2.45) is 5.84 Å². The number of halogens is 2. The van der Waals surface area contributed by atoms with Crippen molar-refractivity contribution in [1.82, 2.24) is 5.43 Å². The largest absolute Gasteiger partial charge is 0.271 e. The Morgan fingerprint density at radius 1 is 1.05 bits per heavy atom. The molecule has 0 spiro atoms. The molecule has 2 rings (SSSR count). The summed E-state index contributed by atoms with van der Waals surface area (Å²) in [5, 5.41) is 0.109. The topological polar surface area (TPSA) is 38.0 Å². The Kier molecular flexibility index (Phi) is 4.67. The molecule has 21 heavy (non-hydrogen) atoms. The lowest BCUT2D eigenvalue weighted by molar-refractivity contribution is 0.587. The molecule has 1 atom stereocenters. The third kappa shape index (κ3) is 3.62. The Morgan fingerprint density at radius 3 is 2.10 bits per heavy atom. The average molecular weight is 307 g/mol. The van der Waals surface area contributed by atoms with Crippen LogP contribution in [0.5, 0.6) is 0 Å². The van der Waals surface area contributed by atoms with E-state index in [1.807, 2.05) is 12.1 Å². The van der Waals surface area contributed by atoms with E-state index in [1.165, 1.54) is 11.6 Å². The van der Waals surface area contributed by atoms with Gasteiger partial charge in [-0.1, -0.05) is 62.7 Å². The minimum atomic E-state index is -0.444. The average Bonchev–Trinajstić information content (AvgIpc) is 2.43. The fourth-order valence-corrected chi connectivity index (χ4v) is 2.37. The summed E-state index contributed by atoms with van der Waals surface area (Å²) in [6, 6.07) is 12.6. The van der Waals surface area contributed by atoms with Crippen molar-refractivity contribution in [3.63, 3.8) is 0 Å². The number of benzene rings is 2. The third-order valence-corrected chi connectivity index (χ3v) is 3.86. The second-order valence-corrected chi connectivity index (χ2v) is 6.55. The molecule has 2 aromatic carbocycles. The second-order valence-electron chi connectivity index (χ2n) is 6.15. The van der Waals surface area contributed by atoms with Crippen LogP contribution in [0.2, 0.25) is 5.02 Å². The molecule has 112 valence electrons. The van der Waals surface area contributed by atoms with Crippen molar-refractivity contribution >= 4 is 11.6 Å². The summed E-state index contributed by atoms with van der Waals surface area (Å²) in [6.45, 7) is 6.49. The normalized spacial score (nSPS) is 13.2. The van der Waals surface area contributed by atoms with Crippen LogP contribution in [-0.2, 0) is 5.41 Å².